The van der Waals surface area contributed by atoms with Crippen LogP contribution in [0.5, 0.6) is 0 Å². The second-order valence-corrected chi connectivity index (χ2v) is 26.1. The van der Waals surface area contributed by atoms with Gasteiger partial charge in [0.2, 0.25) is 11.4 Å². The minimum atomic E-state index is 1.03. The predicted molar refractivity (Wildman–Crippen MR) is 359 cm³/mol. The monoisotopic (exact) mass is 1100 g/mol. The van der Waals surface area contributed by atoms with Crippen LogP contribution in [0, 0.1) is 0 Å². The van der Waals surface area contributed by atoms with Crippen molar-refractivity contribution in [1.29, 1.82) is 0 Å². The molecule has 0 unspecified atom stereocenters. The normalized spacial score (nSPS) is 12.8. The number of aryl methyl sites for hydroxylation is 4. The Morgan fingerprint density at radius 2 is 0.388 bits per heavy atom. The molecule has 0 aliphatic carbocycles. The highest BCUT2D eigenvalue weighted by atomic mass is 15.2. The predicted octanol–water partition coefficient (Wildman–Crippen LogP) is 27.4. The van der Waals surface area contributed by atoms with Gasteiger partial charge in [0, 0.05) is 22.3 Å². The molecular weight excluding hydrogens is 965 g/mol. The van der Waals surface area contributed by atoms with Crippen LogP contribution in [-0.2, 0) is 25.7 Å². The molecule has 0 radical (unpaired) electrons. The standard InChI is InChI=1S/C78H136N2/c1-7-13-19-21-23-25-27-29-31-33-35-37-39-41-43-45-47-49-51-53-55-59-71-64-72(60-56-54-52-50-48-46-44-42-40-38-36-34-32-30-28-26-24-22-20-14-8-2)68-74(67-71)78-76(62-18-12-6)75(61-17-11-5)77(80(78)79)73-65-69(57-15-9-3)63-70(66-73)58-16-10-4/h63-68H,7-62H2,1-6H3. The van der Waals surface area contributed by atoms with E-state index >= 15 is 0 Å². The van der Waals surface area contributed by atoms with Crippen molar-refractivity contribution in [2.75, 3.05) is 0 Å². The molecule has 80 heavy (non-hydrogen) atoms. The maximum absolute atomic E-state index is 12.8. The molecule has 0 atom stereocenters. The summed E-state index contributed by atoms with van der Waals surface area (Å²) in [7, 11) is 0. The molecule has 2 aromatic carbocycles. The molecule has 0 amide bonds. The maximum atomic E-state index is 12.8. The Balaban J connectivity index is 1.57. The van der Waals surface area contributed by atoms with Crippen LogP contribution in [0.15, 0.2) is 47.5 Å². The van der Waals surface area contributed by atoms with E-state index in [1.54, 1.807) is 4.70 Å². The van der Waals surface area contributed by atoms with E-state index in [1.165, 1.54) is 340 Å². The average Bonchev–Trinajstić information content (AvgIpc) is 3.86. The van der Waals surface area contributed by atoms with E-state index in [2.05, 4.69) is 77.9 Å². The Labute approximate surface area is 501 Å². The molecule has 3 rings (SSSR count). The minimum Gasteiger partial charge on any atom is -0.493 e. The molecule has 0 saturated carbocycles. The average molecular weight is 1100 g/mol. The van der Waals surface area contributed by atoms with Gasteiger partial charge in [-0.05, 0) is 124 Å². The summed E-state index contributed by atoms with van der Waals surface area (Å²) in [5.74, 6) is 0. The molecule has 0 aromatic heterocycles. The van der Waals surface area contributed by atoms with Gasteiger partial charge in [-0.15, -0.1) is 0 Å². The van der Waals surface area contributed by atoms with Crippen LogP contribution in [0.1, 0.15) is 409 Å². The summed E-state index contributed by atoms with van der Waals surface area (Å²) in [5, 5.41) is 0. The van der Waals surface area contributed by atoms with Crippen LogP contribution in [0.3, 0.4) is 0 Å². The van der Waals surface area contributed by atoms with Gasteiger partial charge < -0.3 is 5.53 Å². The van der Waals surface area contributed by atoms with Crippen molar-refractivity contribution in [1.82, 2.24) is 0 Å². The highest BCUT2D eigenvalue weighted by molar-refractivity contribution is 5.82. The van der Waals surface area contributed by atoms with E-state index in [0.29, 0.717) is 0 Å². The van der Waals surface area contributed by atoms with Crippen LogP contribution >= 0.6 is 0 Å². The SMILES string of the molecule is CCCCCCCCCCCCCCCCCCCCCCCc1cc(CCCCCCCCCCCCCCCCCCCCCCC)cc(C2=C(CCCC)C(CCCC)=C(c3cc(CCCC)cc(CCCC)c3)[N+]2=[N-])c1. The van der Waals surface area contributed by atoms with Crippen LogP contribution in [0.2, 0.25) is 0 Å². The number of allylic oxidation sites excluding steroid dienone is 2. The lowest BCUT2D eigenvalue weighted by atomic mass is 9.90. The highest BCUT2D eigenvalue weighted by Crippen LogP contribution is 2.45. The molecule has 1 aliphatic heterocycles. The van der Waals surface area contributed by atoms with Gasteiger partial charge in [0.1, 0.15) is 0 Å². The zero-order valence-electron chi connectivity index (χ0n) is 55.0. The van der Waals surface area contributed by atoms with Crippen molar-refractivity contribution < 1.29 is 4.70 Å². The molecule has 458 valence electrons. The van der Waals surface area contributed by atoms with Gasteiger partial charge in [-0.3, -0.25) is 0 Å². The summed E-state index contributed by atoms with van der Waals surface area (Å²) in [4.78, 5) is 0. The fourth-order valence-electron chi connectivity index (χ4n) is 13.2. The molecule has 2 nitrogen and oxygen atoms in total. The third-order valence-electron chi connectivity index (χ3n) is 18.3. The van der Waals surface area contributed by atoms with Gasteiger partial charge >= 0.3 is 0 Å². The lowest BCUT2D eigenvalue weighted by Crippen LogP contribution is -2.05. The molecule has 1 aliphatic rings. The molecule has 0 saturated heterocycles. The first-order valence-electron chi connectivity index (χ1n) is 36.7. The maximum Gasteiger partial charge on any atom is 0.211 e. The molecule has 0 N–H and O–H groups in total. The summed E-state index contributed by atoms with van der Waals surface area (Å²) in [6.07, 6.45) is 75.9. The molecule has 0 spiro atoms. The number of hydrogen-bond acceptors (Lipinski definition) is 0. The largest absolute Gasteiger partial charge is 0.493 e. The van der Waals surface area contributed by atoms with E-state index in [-0.39, 0.29) is 0 Å². The van der Waals surface area contributed by atoms with Crippen LogP contribution < -0.4 is 0 Å². The fraction of sp³-hybridized carbons (Fsp3) is 0.795. The van der Waals surface area contributed by atoms with Crippen molar-refractivity contribution in [2.45, 2.75) is 401 Å². The number of nitrogens with zero attached hydrogens (tertiary/aromatic N) is 2. The zero-order chi connectivity index (χ0) is 57.2. The van der Waals surface area contributed by atoms with Crippen molar-refractivity contribution in [3.63, 3.8) is 0 Å². The summed E-state index contributed by atoms with van der Waals surface area (Å²) in [5.41, 5.74) is 26.2. The van der Waals surface area contributed by atoms with E-state index in [4.69, 9.17) is 0 Å². The van der Waals surface area contributed by atoms with Crippen molar-refractivity contribution in [3.05, 3.63) is 86.5 Å². The summed E-state index contributed by atoms with van der Waals surface area (Å²) in [6, 6.07) is 14.9. The third-order valence-corrected chi connectivity index (χ3v) is 18.3. The molecule has 2 heteroatoms. The summed E-state index contributed by atoms with van der Waals surface area (Å²) in [6.45, 7) is 13.9. The van der Waals surface area contributed by atoms with Crippen molar-refractivity contribution in [2.24, 2.45) is 0 Å². The van der Waals surface area contributed by atoms with Crippen LogP contribution in [0.25, 0.3) is 16.9 Å². The zero-order valence-corrected chi connectivity index (χ0v) is 55.0. The smallest absolute Gasteiger partial charge is 0.211 e. The first-order chi connectivity index (χ1) is 39.5. The van der Waals surface area contributed by atoms with Gasteiger partial charge in [-0.2, -0.15) is 0 Å². The second-order valence-electron chi connectivity index (χ2n) is 26.1. The Morgan fingerprint density at radius 1 is 0.212 bits per heavy atom. The molecule has 2 aromatic rings. The van der Waals surface area contributed by atoms with Crippen molar-refractivity contribution in [3.8, 4) is 0 Å². The number of rotatable bonds is 58. The molecule has 1 heterocycles. The Hall–Kier alpha value is -2.48. The second kappa shape index (κ2) is 51.0. The highest BCUT2D eigenvalue weighted by Gasteiger charge is 2.36. The third kappa shape index (κ3) is 33.7. The lowest BCUT2D eigenvalue weighted by Gasteiger charge is -2.15. The number of unbranched alkanes of at least 4 members (excludes halogenated alkanes) is 44. The first kappa shape index (κ1) is 71.8. The van der Waals surface area contributed by atoms with Crippen LogP contribution in [-0.4, -0.2) is 4.70 Å². The Kier molecular flexibility index (Phi) is 45.7. The lowest BCUT2D eigenvalue weighted by molar-refractivity contribution is -0.345. The van der Waals surface area contributed by atoms with Gasteiger partial charge in [0.15, 0.2) is 0 Å². The minimum absolute atomic E-state index is 1.03. The molecule has 0 bridgehead atoms. The van der Waals surface area contributed by atoms with E-state index in [9.17, 15) is 5.53 Å². The van der Waals surface area contributed by atoms with Crippen LogP contribution in [0.4, 0.5) is 0 Å². The summed E-state index contributed by atoms with van der Waals surface area (Å²) >= 11 is 0. The fourth-order valence-corrected chi connectivity index (χ4v) is 13.2. The Bertz CT molecular complexity index is 1750. The van der Waals surface area contributed by atoms with Gasteiger partial charge in [0.05, 0.1) is 0 Å². The molecular formula is C78H136N2. The van der Waals surface area contributed by atoms with Gasteiger partial charge in [-0.25, -0.2) is 4.70 Å². The quantitative estimate of drug-likeness (QED) is 0.0466. The topological polar surface area (TPSA) is 25.3 Å². The van der Waals surface area contributed by atoms with E-state index in [0.717, 1.165) is 75.6 Å². The summed E-state index contributed by atoms with van der Waals surface area (Å²) < 4.78 is 1.71. The van der Waals surface area contributed by atoms with E-state index in [1.807, 2.05) is 0 Å². The van der Waals surface area contributed by atoms with E-state index < -0.39 is 0 Å². The number of benzene rings is 2. The Morgan fingerprint density at radius 3 is 0.600 bits per heavy atom. The van der Waals surface area contributed by atoms with Gasteiger partial charge in [0.25, 0.3) is 0 Å². The van der Waals surface area contributed by atoms with Gasteiger partial charge in [-0.1, -0.05) is 336 Å². The number of hydrogen-bond donors (Lipinski definition) is 0. The van der Waals surface area contributed by atoms with Crippen molar-refractivity contribution >= 4 is 11.4 Å². The molecule has 0 fully saturated rings. The first-order valence-corrected chi connectivity index (χ1v) is 36.7.